The fourth-order valence-corrected chi connectivity index (χ4v) is 3.78. The van der Waals surface area contributed by atoms with Gasteiger partial charge in [-0.15, -0.1) is 0 Å². The van der Waals surface area contributed by atoms with Crippen LogP contribution in [0, 0.1) is 13.8 Å². The molecule has 5 nitrogen and oxygen atoms in total. The number of benzene rings is 2. The van der Waals surface area contributed by atoms with Gasteiger partial charge >= 0.3 is 0 Å². The number of aliphatic hydroxyl groups excluding tert-OH is 1. The van der Waals surface area contributed by atoms with Gasteiger partial charge in [0.1, 0.15) is 13.2 Å². The molecule has 152 valence electrons. The van der Waals surface area contributed by atoms with Crippen LogP contribution in [0.5, 0.6) is 11.5 Å². The van der Waals surface area contributed by atoms with E-state index >= 15 is 0 Å². The van der Waals surface area contributed by atoms with Crippen molar-refractivity contribution in [3.63, 3.8) is 0 Å². The number of rotatable bonds is 4. The Morgan fingerprint density at radius 1 is 0.933 bits per heavy atom. The van der Waals surface area contributed by atoms with E-state index in [1.807, 2.05) is 56.6 Å². The van der Waals surface area contributed by atoms with Crippen molar-refractivity contribution in [2.75, 3.05) is 18.5 Å². The molecule has 3 aromatic rings. The SMILES string of the molecule is Cc1cc(C)cc(NC(=S)/C(=C(\O)c2ccc3c(c2)OCCO3)[n+]2ccccc2)c1. The average Bonchev–Trinajstić information content (AvgIpc) is 2.73. The highest BCUT2D eigenvalue weighted by Gasteiger charge is 2.25. The monoisotopic (exact) mass is 419 g/mol. The molecule has 0 spiro atoms. The topological polar surface area (TPSA) is 54.6 Å². The molecular weight excluding hydrogens is 396 g/mol. The molecule has 1 aliphatic heterocycles. The third-order valence-corrected chi connectivity index (χ3v) is 5.00. The Kier molecular flexibility index (Phi) is 5.68. The van der Waals surface area contributed by atoms with Gasteiger partial charge in [0.15, 0.2) is 34.6 Å². The van der Waals surface area contributed by atoms with Crippen molar-refractivity contribution in [2.24, 2.45) is 0 Å². The summed E-state index contributed by atoms with van der Waals surface area (Å²) in [6, 6.07) is 17.2. The molecule has 2 N–H and O–H groups in total. The number of pyridine rings is 1. The van der Waals surface area contributed by atoms with Crippen molar-refractivity contribution in [3.8, 4) is 11.5 Å². The Balaban J connectivity index is 1.77. The zero-order valence-corrected chi connectivity index (χ0v) is 17.7. The summed E-state index contributed by atoms with van der Waals surface area (Å²) >= 11 is 5.72. The van der Waals surface area contributed by atoms with Crippen LogP contribution in [-0.4, -0.2) is 23.3 Å². The van der Waals surface area contributed by atoms with E-state index in [1.54, 1.807) is 22.8 Å². The number of ether oxygens (including phenoxy) is 2. The predicted octanol–water partition coefficient (Wildman–Crippen LogP) is 4.69. The fourth-order valence-electron chi connectivity index (χ4n) is 3.46. The van der Waals surface area contributed by atoms with Gasteiger partial charge in [-0.05, 0) is 55.3 Å². The molecule has 2 heterocycles. The Morgan fingerprint density at radius 3 is 2.30 bits per heavy atom. The quantitative estimate of drug-likeness (QED) is 0.278. The van der Waals surface area contributed by atoms with Crippen molar-refractivity contribution in [1.29, 1.82) is 0 Å². The van der Waals surface area contributed by atoms with Gasteiger partial charge in [0, 0.05) is 23.4 Å². The van der Waals surface area contributed by atoms with Crippen molar-refractivity contribution >= 4 is 34.3 Å². The lowest BCUT2D eigenvalue weighted by Gasteiger charge is -2.19. The zero-order chi connectivity index (χ0) is 21.1. The molecule has 0 fully saturated rings. The summed E-state index contributed by atoms with van der Waals surface area (Å²) in [6.45, 7) is 5.07. The second-order valence-corrected chi connectivity index (χ2v) is 7.58. The van der Waals surface area contributed by atoms with Gasteiger partial charge in [-0.3, -0.25) is 0 Å². The van der Waals surface area contributed by atoms with E-state index < -0.39 is 0 Å². The molecule has 0 bridgehead atoms. The van der Waals surface area contributed by atoms with Gasteiger partial charge in [0.2, 0.25) is 0 Å². The number of nitrogens with zero attached hydrogens (tertiary/aromatic N) is 1. The maximum absolute atomic E-state index is 11.2. The van der Waals surface area contributed by atoms with Gasteiger partial charge in [-0.25, -0.2) is 0 Å². The largest absolute Gasteiger partial charge is 0.502 e. The van der Waals surface area contributed by atoms with Crippen LogP contribution in [0.15, 0.2) is 67.0 Å². The number of aliphatic hydroxyl groups is 1. The number of nitrogens with one attached hydrogen (secondary N) is 1. The molecular formula is C24H23N2O3S+. The lowest BCUT2D eigenvalue weighted by molar-refractivity contribution is -0.575. The molecule has 0 unspecified atom stereocenters. The predicted molar refractivity (Wildman–Crippen MR) is 122 cm³/mol. The van der Waals surface area contributed by atoms with E-state index in [4.69, 9.17) is 21.7 Å². The molecule has 0 aliphatic carbocycles. The van der Waals surface area contributed by atoms with Crippen molar-refractivity contribution in [3.05, 3.63) is 83.7 Å². The van der Waals surface area contributed by atoms with E-state index in [2.05, 4.69) is 11.4 Å². The summed E-state index contributed by atoms with van der Waals surface area (Å²) in [5.74, 6) is 1.32. The minimum atomic E-state index is 0.0463. The Hall–Kier alpha value is -3.38. The summed E-state index contributed by atoms with van der Waals surface area (Å²) in [4.78, 5) is 0.406. The molecule has 0 atom stereocenters. The highest BCUT2D eigenvalue weighted by Crippen LogP contribution is 2.33. The minimum absolute atomic E-state index is 0.0463. The molecule has 6 heteroatoms. The third-order valence-electron chi connectivity index (χ3n) is 4.71. The number of hydrogen-bond donors (Lipinski definition) is 2. The van der Waals surface area contributed by atoms with Crippen LogP contribution in [0.3, 0.4) is 0 Å². The Morgan fingerprint density at radius 2 is 1.60 bits per heavy atom. The van der Waals surface area contributed by atoms with Crippen LogP contribution in [0.2, 0.25) is 0 Å². The van der Waals surface area contributed by atoms with E-state index in [0.29, 0.717) is 41.0 Å². The van der Waals surface area contributed by atoms with Gasteiger partial charge in [0.25, 0.3) is 5.70 Å². The second kappa shape index (κ2) is 8.55. The van der Waals surface area contributed by atoms with Gasteiger partial charge in [-0.2, -0.15) is 4.57 Å². The van der Waals surface area contributed by atoms with Gasteiger partial charge in [-0.1, -0.05) is 24.4 Å². The maximum Gasteiger partial charge on any atom is 0.288 e. The first-order chi connectivity index (χ1) is 14.5. The van der Waals surface area contributed by atoms with Crippen LogP contribution >= 0.6 is 12.2 Å². The number of aryl methyl sites for hydroxylation is 2. The number of aromatic nitrogens is 1. The fraction of sp³-hybridized carbons (Fsp3) is 0.167. The molecule has 1 aromatic heterocycles. The molecule has 1 aliphatic rings. The Labute approximate surface area is 181 Å². The van der Waals surface area contributed by atoms with Crippen molar-refractivity contribution in [1.82, 2.24) is 0 Å². The second-order valence-electron chi connectivity index (χ2n) is 7.17. The van der Waals surface area contributed by atoms with E-state index in [9.17, 15) is 5.11 Å². The highest BCUT2D eigenvalue weighted by molar-refractivity contribution is 7.81. The highest BCUT2D eigenvalue weighted by atomic mass is 32.1. The lowest BCUT2D eigenvalue weighted by Crippen LogP contribution is -2.38. The summed E-state index contributed by atoms with van der Waals surface area (Å²) < 4.78 is 13.1. The summed E-state index contributed by atoms with van der Waals surface area (Å²) in [7, 11) is 0. The first-order valence-corrected chi connectivity index (χ1v) is 10.1. The minimum Gasteiger partial charge on any atom is -0.502 e. The summed E-state index contributed by atoms with van der Waals surface area (Å²) in [5, 5.41) is 14.5. The molecule has 2 aromatic carbocycles. The summed E-state index contributed by atoms with van der Waals surface area (Å²) in [6.07, 6.45) is 3.69. The standard InChI is InChI=1S/C24H22N2O3S/c1-16-12-17(2)14-19(13-16)25-24(30)22(26-8-4-3-5-9-26)23(27)18-6-7-20-21(15-18)29-11-10-28-20/h3-9,12-15H,10-11H2,1-2H3,(H-,25,27,30)/p+1. The molecule has 4 rings (SSSR count). The van der Waals surface area contributed by atoms with Gasteiger partial charge < -0.3 is 19.9 Å². The van der Waals surface area contributed by atoms with Crippen LogP contribution in [0.4, 0.5) is 5.69 Å². The zero-order valence-electron chi connectivity index (χ0n) is 16.9. The maximum atomic E-state index is 11.2. The number of anilines is 1. The van der Waals surface area contributed by atoms with Crippen LogP contribution in [0.25, 0.3) is 11.5 Å². The van der Waals surface area contributed by atoms with E-state index in [0.717, 1.165) is 16.8 Å². The normalized spacial score (nSPS) is 13.4. The molecule has 0 saturated heterocycles. The van der Waals surface area contributed by atoms with Crippen molar-refractivity contribution in [2.45, 2.75) is 13.8 Å². The van der Waals surface area contributed by atoms with Gasteiger partial charge in [0.05, 0.1) is 0 Å². The van der Waals surface area contributed by atoms with Crippen LogP contribution in [-0.2, 0) is 0 Å². The van der Waals surface area contributed by atoms with Crippen molar-refractivity contribution < 1.29 is 19.1 Å². The number of hydrogen-bond acceptors (Lipinski definition) is 4. The average molecular weight is 420 g/mol. The van der Waals surface area contributed by atoms with E-state index in [-0.39, 0.29) is 5.76 Å². The molecule has 0 amide bonds. The lowest BCUT2D eigenvalue weighted by atomic mass is 10.1. The smallest absolute Gasteiger partial charge is 0.288 e. The molecule has 0 saturated carbocycles. The summed E-state index contributed by atoms with van der Waals surface area (Å²) in [5.41, 5.74) is 4.21. The number of thiocarbonyl (C=S) groups is 1. The van der Waals surface area contributed by atoms with Crippen LogP contribution < -0.4 is 19.4 Å². The molecule has 30 heavy (non-hydrogen) atoms. The Bertz CT molecular complexity index is 1110. The first kappa shape index (κ1) is 19.9. The van der Waals surface area contributed by atoms with Crippen LogP contribution in [0.1, 0.15) is 16.7 Å². The first-order valence-electron chi connectivity index (χ1n) is 9.71. The van der Waals surface area contributed by atoms with E-state index in [1.165, 1.54) is 0 Å². The molecule has 0 radical (unpaired) electrons. The number of fused-ring (bicyclic) bond motifs is 1. The third kappa shape index (κ3) is 4.28.